The molecule has 0 saturated carbocycles. The molecule has 1 saturated heterocycles. The molecular formula is C22H27ClN4O3S. The molecule has 1 heterocycles. The van der Waals surface area contributed by atoms with Crippen LogP contribution < -0.4 is 9.73 Å². The van der Waals surface area contributed by atoms with E-state index in [9.17, 15) is 13.2 Å². The number of piperidine rings is 1. The maximum absolute atomic E-state index is 13.4. The molecule has 1 N–H and O–H groups in total. The van der Waals surface area contributed by atoms with Gasteiger partial charge in [-0.1, -0.05) is 29.3 Å². The van der Waals surface area contributed by atoms with Gasteiger partial charge in [0.25, 0.3) is 15.9 Å². The molecule has 7 nitrogen and oxygen atoms in total. The number of carbonyl (C=O) groups excluding carboxylic acids is 1. The molecule has 31 heavy (non-hydrogen) atoms. The van der Waals surface area contributed by atoms with Crippen LogP contribution >= 0.6 is 11.6 Å². The largest absolute Gasteiger partial charge is 0.306 e. The SMILES string of the molecule is Cc1ccc(S(=O)(=O)N(CC(=O)NN=C2CCN(C)CC2)c2ccc(Cl)cc2C)cc1. The summed E-state index contributed by atoms with van der Waals surface area (Å²) in [5.74, 6) is -0.503. The first-order valence-electron chi connectivity index (χ1n) is 10.0. The summed E-state index contributed by atoms with van der Waals surface area (Å²) in [6.45, 7) is 5.01. The normalized spacial score (nSPS) is 14.9. The van der Waals surface area contributed by atoms with E-state index in [-0.39, 0.29) is 4.90 Å². The van der Waals surface area contributed by atoms with Gasteiger partial charge >= 0.3 is 0 Å². The van der Waals surface area contributed by atoms with E-state index in [0.29, 0.717) is 16.3 Å². The van der Waals surface area contributed by atoms with Crippen LogP contribution in [-0.4, -0.2) is 51.6 Å². The highest BCUT2D eigenvalue weighted by molar-refractivity contribution is 7.92. The van der Waals surface area contributed by atoms with Crippen molar-refractivity contribution in [3.05, 3.63) is 58.6 Å². The maximum atomic E-state index is 13.4. The fourth-order valence-electron chi connectivity index (χ4n) is 3.33. The van der Waals surface area contributed by atoms with Crippen LogP contribution in [0.4, 0.5) is 5.69 Å². The Labute approximate surface area is 188 Å². The number of hydrogen-bond acceptors (Lipinski definition) is 5. The Balaban J connectivity index is 1.88. The monoisotopic (exact) mass is 462 g/mol. The summed E-state index contributed by atoms with van der Waals surface area (Å²) in [7, 11) is -1.94. The summed E-state index contributed by atoms with van der Waals surface area (Å²) >= 11 is 6.05. The van der Waals surface area contributed by atoms with E-state index in [0.717, 1.165) is 41.5 Å². The number of likely N-dealkylation sites (tertiary alicyclic amines) is 1. The van der Waals surface area contributed by atoms with Crippen molar-refractivity contribution in [2.75, 3.05) is 31.0 Å². The van der Waals surface area contributed by atoms with Crippen LogP contribution in [0.15, 0.2) is 52.5 Å². The molecule has 1 aliphatic rings. The molecule has 1 amide bonds. The first-order chi connectivity index (χ1) is 14.7. The van der Waals surface area contributed by atoms with Gasteiger partial charge in [0.15, 0.2) is 0 Å². The van der Waals surface area contributed by atoms with E-state index in [1.54, 1.807) is 49.4 Å². The summed E-state index contributed by atoms with van der Waals surface area (Å²) in [6, 6.07) is 11.4. The second-order valence-electron chi connectivity index (χ2n) is 7.77. The molecule has 1 aliphatic heterocycles. The third-order valence-corrected chi connectivity index (χ3v) is 7.24. The number of nitrogens with one attached hydrogen (secondary N) is 1. The van der Waals surface area contributed by atoms with Gasteiger partial charge in [0.05, 0.1) is 10.6 Å². The van der Waals surface area contributed by atoms with Gasteiger partial charge in [0.2, 0.25) is 0 Å². The van der Waals surface area contributed by atoms with Crippen LogP contribution in [0.1, 0.15) is 24.0 Å². The topological polar surface area (TPSA) is 82.1 Å². The molecule has 2 aromatic carbocycles. The number of aryl methyl sites for hydroxylation is 2. The van der Waals surface area contributed by atoms with Crippen molar-refractivity contribution in [3.8, 4) is 0 Å². The van der Waals surface area contributed by atoms with E-state index in [1.807, 2.05) is 14.0 Å². The summed E-state index contributed by atoms with van der Waals surface area (Å²) in [5, 5.41) is 4.71. The number of nitrogens with zero attached hydrogens (tertiary/aromatic N) is 3. The number of sulfonamides is 1. The molecule has 166 valence electrons. The van der Waals surface area contributed by atoms with Crippen LogP contribution in [0.5, 0.6) is 0 Å². The number of hydrogen-bond donors (Lipinski definition) is 1. The Bertz CT molecular complexity index is 1070. The molecule has 0 atom stereocenters. The van der Waals surface area contributed by atoms with Gasteiger partial charge in [-0.2, -0.15) is 5.10 Å². The minimum atomic E-state index is -3.98. The molecule has 0 spiro atoms. The summed E-state index contributed by atoms with van der Waals surface area (Å²) in [5.41, 5.74) is 5.42. The zero-order chi connectivity index (χ0) is 22.6. The van der Waals surface area contributed by atoms with Crippen LogP contribution in [0.25, 0.3) is 0 Å². The van der Waals surface area contributed by atoms with Gasteiger partial charge in [-0.05, 0) is 56.8 Å². The van der Waals surface area contributed by atoms with Crippen LogP contribution in [0, 0.1) is 13.8 Å². The molecule has 0 aromatic heterocycles. The van der Waals surface area contributed by atoms with Crippen molar-refractivity contribution < 1.29 is 13.2 Å². The first-order valence-corrected chi connectivity index (χ1v) is 11.9. The third-order valence-electron chi connectivity index (χ3n) is 5.23. The highest BCUT2D eigenvalue weighted by atomic mass is 35.5. The quantitative estimate of drug-likeness (QED) is 0.667. The molecule has 0 aliphatic carbocycles. The predicted molar refractivity (Wildman–Crippen MR) is 124 cm³/mol. The minimum Gasteiger partial charge on any atom is -0.306 e. The molecule has 1 fully saturated rings. The van der Waals surface area contributed by atoms with E-state index in [1.165, 1.54) is 0 Å². The number of hydrazone groups is 1. The van der Waals surface area contributed by atoms with Crippen LogP contribution in [-0.2, 0) is 14.8 Å². The molecule has 0 unspecified atom stereocenters. The first kappa shape index (κ1) is 23.2. The van der Waals surface area contributed by atoms with Gasteiger partial charge < -0.3 is 4.90 Å². The zero-order valence-electron chi connectivity index (χ0n) is 17.9. The van der Waals surface area contributed by atoms with Gasteiger partial charge in [0.1, 0.15) is 6.54 Å². The van der Waals surface area contributed by atoms with Crippen molar-refractivity contribution in [2.45, 2.75) is 31.6 Å². The number of rotatable bonds is 6. The second-order valence-corrected chi connectivity index (χ2v) is 10.1. The van der Waals surface area contributed by atoms with Crippen molar-refractivity contribution in [1.82, 2.24) is 10.3 Å². The highest BCUT2D eigenvalue weighted by Crippen LogP contribution is 2.29. The molecular weight excluding hydrogens is 436 g/mol. The fourth-order valence-corrected chi connectivity index (χ4v) is 5.04. The standard InChI is InChI=1S/C22H27ClN4O3S/c1-16-4-7-20(8-5-16)31(29,30)27(21-9-6-18(23)14-17(21)2)15-22(28)25-24-19-10-12-26(3)13-11-19/h4-9,14H,10-13,15H2,1-3H3,(H,25,28). The maximum Gasteiger partial charge on any atom is 0.264 e. The van der Waals surface area contributed by atoms with Gasteiger partial charge in [-0.3, -0.25) is 9.10 Å². The summed E-state index contributed by atoms with van der Waals surface area (Å²) in [6.07, 6.45) is 1.55. The Hall–Kier alpha value is -2.42. The Morgan fingerprint density at radius 1 is 1.13 bits per heavy atom. The molecule has 9 heteroatoms. The van der Waals surface area contributed by atoms with Crippen molar-refractivity contribution in [1.29, 1.82) is 0 Å². The lowest BCUT2D eigenvalue weighted by Crippen LogP contribution is -2.40. The summed E-state index contributed by atoms with van der Waals surface area (Å²) in [4.78, 5) is 15.0. The third kappa shape index (κ3) is 5.84. The molecule has 0 bridgehead atoms. The fraction of sp³-hybridized carbons (Fsp3) is 0.364. The molecule has 3 rings (SSSR count). The Morgan fingerprint density at radius 2 is 1.77 bits per heavy atom. The second kappa shape index (κ2) is 9.80. The lowest BCUT2D eigenvalue weighted by atomic mass is 10.1. The predicted octanol–water partition coefficient (Wildman–Crippen LogP) is 3.35. The highest BCUT2D eigenvalue weighted by Gasteiger charge is 2.28. The average molecular weight is 463 g/mol. The van der Waals surface area contributed by atoms with Gasteiger partial charge in [-0.15, -0.1) is 0 Å². The van der Waals surface area contributed by atoms with Gasteiger partial charge in [-0.25, -0.2) is 13.8 Å². The lowest BCUT2D eigenvalue weighted by Gasteiger charge is -2.26. The average Bonchev–Trinajstić information content (AvgIpc) is 2.72. The molecule has 0 radical (unpaired) electrons. The summed E-state index contributed by atoms with van der Waals surface area (Å²) < 4.78 is 28.0. The van der Waals surface area contributed by atoms with Crippen molar-refractivity contribution in [3.63, 3.8) is 0 Å². The number of carbonyl (C=O) groups is 1. The zero-order valence-corrected chi connectivity index (χ0v) is 19.5. The Kier molecular flexibility index (Phi) is 7.35. The Morgan fingerprint density at radius 3 is 2.39 bits per heavy atom. The number of halogens is 1. The van der Waals surface area contributed by atoms with Crippen LogP contribution in [0.2, 0.25) is 5.02 Å². The van der Waals surface area contributed by atoms with E-state index < -0.39 is 22.5 Å². The van der Waals surface area contributed by atoms with Gasteiger partial charge in [0, 0.05) is 36.7 Å². The van der Waals surface area contributed by atoms with E-state index >= 15 is 0 Å². The van der Waals surface area contributed by atoms with E-state index in [2.05, 4.69) is 15.4 Å². The minimum absolute atomic E-state index is 0.113. The lowest BCUT2D eigenvalue weighted by molar-refractivity contribution is -0.119. The smallest absolute Gasteiger partial charge is 0.264 e. The molecule has 2 aromatic rings. The van der Waals surface area contributed by atoms with E-state index in [4.69, 9.17) is 11.6 Å². The number of amides is 1. The number of benzene rings is 2. The van der Waals surface area contributed by atoms with Crippen molar-refractivity contribution >= 4 is 38.9 Å². The number of anilines is 1. The van der Waals surface area contributed by atoms with Crippen LogP contribution in [0.3, 0.4) is 0 Å². The van der Waals surface area contributed by atoms with Crippen molar-refractivity contribution in [2.24, 2.45) is 5.10 Å².